The maximum absolute atomic E-state index is 12.0. The lowest BCUT2D eigenvalue weighted by Gasteiger charge is -2.08. The molecule has 1 unspecified atom stereocenters. The molecule has 0 heterocycles. The van der Waals surface area contributed by atoms with E-state index >= 15 is 0 Å². The minimum atomic E-state index is 0.124. The number of aliphatic hydroxyl groups is 1. The Morgan fingerprint density at radius 3 is 2.83 bits per heavy atom. The Kier molecular flexibility index (Phi) is 3.71. The first-order valence-corrected chi connectivity index (χ1v) is 6.53. The summed E-state index contributed by atoms with van der Waals surface area (Å²) in [5.74, 6) is 0.276. The summed E-state index contributed by atoms with van der Waals surface area (Å²) in [6, 6.07) is 7.87. The molecule has 1 aliphatic carbocycles. The Labute approximate surface area is 108 Å². The number of rotatable bonds is 5. The van der Waals surface area contributed by atoms with Crippen LogP contribution >= 0.6 is 0 Å². The highest BCUT2D eigenvalue weighted by atomic mass is 16.2. The van der Waals surface area contributed by atoms with E-state index in [1.54, 1.807) is 0 Å². The van der Waals surface area contributed by atoms with E-state index in [1.807, 2.05) is 24.3 Å². The van der Waals surface area contributed by atoms with Gasteiger partial charge in [0.05, 0.1) is 0 Å². The molecular formula is C15H21NO2. The number of hydrogen-bond donors (Lipinski definition) is 2. The third-order valence-electron chi connectivity index (χ3n) is 3.65. The molecule has 0 bridgehead atoms. The summed E-state index contributed by atoms with van der Waals surface area (Å²) in [5, 5.41) is 11.8. The number of anilines is 1. The molecule has 0 aliphatic heterocycles. The summed E-state index contributed by atoms with van der Waals surface area (Å²) in [6.07, 6.45) is 2.57. The van der Waals surface area contributed by atoms with Gasteiger partial charge in [0.25, 0.3) is 0 Å². The molecule has 2 N–H and O–H groups in total. The number of amides is 1. The lowest BCUT2D eigenvalue weighted by molar-refractivity contribution is -0.117. The molecule has 1 aromatic carbocycles. The number of aryl methyl sites for hydroxylation is 1. The van der Waals surface area contributed by atoms with Crippen LogP contribution < -0.4 is 5.32 Å². The monoisotopic (exact) mass is 247 g/mol. The third kappa shape index (κ3) is 3.10. The topological polar surface area (TPSA) is 49.3 Å². The molecule has 3 nitrogen and oxygen atoms in total. The molecule has 1 aromatic rings. The van der Waals surface area contributed by atoms with E-state index in [1.165, 1.54) is 0 Å². The van der Waals surface area contributed by atoms with E-state index in [-0.39, 0.29) is 23.8 Å². The van der Waals surface area contributed by atoms with Gasteiger partial charge < -0.3 is 10.4 Å². The van der Waals surface area contributed by atoms with Gasteiger partial charge >= 0.3 is 0 Å². The average molecular weight is 247 g/mol. The zero-order chi connectivity index (χ0) is 13.2. The number of carbonyl (C=O) groups is 1. The molecule has 1 amide bonds. The second-order valence-electron chi connectivity index (χ2n) is 5.76. The van der Waals surface area contributed by atoms with Gasteiger partial charge in [-0.1, -0.05) is 26.0 Å². The van der Waals surface area contributed by atoms with Crippen molar-refractivity contribution in [3.63, 3.8) is 0 Å². The highest BCUT2D eigenvalue weighted by Gasteiger charge is 2.50. The van der Waals surface area contributed by atoms with Crippen molar-refractivity contribution in [3.05, 3.63) is 29.8 Å². The van der Waals surface area contributed by atoms with Crippen LogP contribution in [0.3, 0.4) is 0 Å². The fourth-order valence-electron chi connectivity index (χ4n) is 2.23. The van der Waals surface area contributed by atoms with E-state index in [9.17, 15) is 4.79 Å². The van der Waals surface area contributed by atoms with Crippen LogP contribution in [0.15, 0.2) is 24.3 Å². The summed E-state index contributed by atoms with van der Waals surface area (Å²) < 4.78 is 0. The maximum Gasteiger partial charge on any atom is 0.228 e. The van der Waals surface area contributed by atoms with E-state index in [0.29, 0.717) is 0 Å². The Bertz CT molecular complexity index is 440. The minimum absolute atomic E-state index is 0.124. The van der Waals surface area contributed by atoms with Crippen molar-refractivity contribution in [1.29, 1.82) is 0 Å². The highest BCUT2D eigenvalue weighted by molar-refractivity contribution is 5.95. The molecule has 0 saturated heterocycles. The molecule has 1 atom stereocenters. The lowest BCUT2D eigenvalue weighted by Crippen LogP contribution is -2.16. The van der Waals surface area contributed by atoms with Crippen LogP contribution in [0.2, 0.25) is 0 Å². The average Bonchev–Trinajstić information content (AvgIpc) is 2.96. The van der Waals surface area contributed by atoms with Crippen LogP contribution in [0.25, 0.3) is 0 Å². The third-order valence-corrected chi connectivity index (χ3v) is 3.65. The molecule has 3 heteroatoms. The standard InChI is InChI=1S/C15H21NO2/c1-15(2)10-13(15)14(18)16-12-7-3-5-11(9-12)6-4-8-17/h3,5,7,9,13,17H,4,6,8,10H2,1-2H3,(H,16,18). The molecule has 18 heavy (non-hydrogen) atoms. The van der Waals surface area contributed by atoms with E-state index < -0.39 is 0 Å². The van der Waals surface area contributed by atoms with Gasteiger partial charge in [-0.25, -0.2) is 0 Å². The normalized spacial score (nSPS) is 20.5. The fraction of sp³-hybridized carbons (Fsp3) is 0.533. The summed E-state index contributed by atoms with van der Waals surface area (Å²) in [4.78, 5) is 12.0. The molecule has 0 spiro atoms. The fourth-order valence-corrected chi connectivity index (χ4v) is 2.23. The van der Waals surface area contributed by atoms with Crippen LogP contribution in [-0.2, 0) is 11.2 Å². The van der Waals surface area contributed by atoms with Gasteiger partial charge in [0, 0.05) is 18.2 Å². The number of hydrogen-bond acceptors (Lipinski definition) is 2. The van der Waals surface area contributed by atoms with Crippen molar-refractivity contribution in [1.82, 2.24) is 0 Å². The zero-order valence-electron chi connectivity index (χ0n) is 11.1. The molecule has 1 saturated carbocycles. The van der Waals surface area contributed by atoms with E-state index in [0.717, 1.165) is 30.5 Å². The van der Waals surface area contributed by atoms with Gasteiger partial charge in [0.2, 0.25) is 5.91 Å². The van der Waals surface area contributed by atoms with Crippen molar-refractivity contribution < 1.29 is 9.90 Å². The van der Waals surface area contributed by atoms with Crippen molar-refractivity contribution in [2.24, 2.45) is 11.3 Å². The predicted molar refractivity (Wildman–Crippen MR) is 72.4 cm³/mol. The number of carbonyl (C=O) groups excluding carboxylic acids is 1. The summed E-state index contributed by atoms with van der Waals surface area (Å²) >= 11 is 0. The quantitative estimate of drug-likeness (QED) is 0.840. The Balaban J connectivity index is 1.95. The SMILES string of the molecule is CC1(C)CC1C(=O)Nc1cccc(CCCO)c1. The van der Waals surface area contributed by atoms with Crippen molar-refractivity contribution in [3.8, 4) is 0 Å². The second kappa shape index (κ2) is 5.11. The van der Waals surface area contributed by atoms with Gasteiger partial charge in [0.1, 0.15) is 0 Å². The molecule has 0 aromatic heterocycles. The van der Waals surface area contributed by atoms with Crippen LogP contribution in [0.4, 0.5) is 5.69 Å². The number of nitrogens with one attached hydrogen (secondary N) is 1. The summed E-state index contributed by atoms with van der Waals surface area (Å²) in [5.41, 5.74) is 2.17. The molecule has 1 aliphatic rings. The minimum Gasteiger partial charge on any atom is -0.396 e. The second-order valence-corrected chi connectivity index (χ2v) is 5.76. The first kappa shape index (κ1) is 13.1. The van der Waals surface area contributed by atoms with Crippen LogP contribution in [-0.4, -0.2) is 17.6 Å². The maximum atomic E-state index is 12.0. The summed E-state index contributed by atoms with van der Waals surface area (Å²) in [7, 11) is 0. The molecule has 98 valence electrons. The highest BCUT2D eigenvalue weighted by Crippen LogP contribution is 2.51. The zero-order valence-corrected chi connectivity index (χ0v) is 11.1. The van der Waals surface area contributed by atoms with Crippen LogP contribution in [0.1, 0.15) is 32.3 Å². The first-order chi connectivity index (χ1) is 8.53. The van der Waals surface area contributed by atoms with Crippen LogP contribution in [0.5, 0.6) is 0 Å². The Hall–Kier alpha value is -1.35. The van der Waals surface area contributed by atoms with E-state index in [2.05, 4.69) is 19.2 Å². The molecule has 2 rings (SSSR count). The Morgan fingerprint density at radius 1 is 1.50 bits per heavy atom. The predicted octanol–water partition coefficient (Wildman–Crippen LogP) is 2.60. The smallest absolute Gasteiger partial charge is 0.228 e. The van der Waals surface area contributed by atoms with Gasteiger partial charge in [-0.05, 0) is 42.4 Å². The summed E-state index contributed by atoms with van der Waals surface area (Å²) in [6.45, 7) is 4.44. The van der Waals surface area contributed by atoms with Gasteiger partial charge in [-0.3, -0.25) is 4.79 Å². The molecular weight excluding hydrogens is 226 g/mol. The van der Waals surface area contributed by atoms with E-state index in [4.69, 9.17) is 5.11 Å². The first-order valence-electron chi connectivity index (χ1n) is 6.53. The number of aliphatic hydroxyl groups excluding tert-OH is 1. The molecule has 1 fully saturated rings. The Morgan fingerprint density at radius 2 is 2.22 bits per heavy atom. The lowest BCUT2D eigenvalue weighted by atomic mass is 10.1. The largest absolute Gasteiger partial charge is 0.396 e. The van der Waals surface area contributed by atoms with Gasteiger partial charge in [0.15, 0.2) is 0 Å². The van der Waals surface area contributed by atoms with Crippen molar-refractivity contribution >= 4 is 11.6 Å². The van der Waals surface area contributed by atoms with Crippen LogP contribution in [0, 0.1) is 11.3 Å². The van der Waals surface area contributed by atoms with Gasteiger partial charge in [-0.15, -0.1) is 0 Å². The molecule has 0 radical (unpaired) electrons. The van der Waals surface area contributed by atoms with Crippen molar-refractivity contribution in [2.45, 2.75) is 33.1 Å². The van der Waals surface area contributed by atoms with Gasteiger partial charge in [-0.2, -0.15) is 0 Å². The number of benzene rings is 1. The van der Waals surface area contributed by atoms with Crippen molar-refractivity contribution in [2.75, 3.05) is 11.9 Å².